The lowest BCUT2D eigenvalue weighted by atomic mass is 10.3. The van der Waals surface area contributed by atoms with E-state index in [0.717, 1.165) is 0 Å². The minimum absolute atomic E-state index is 0.0598. The van der Waals surface area contributed by atoms with E-state index in [1.165, 1.54) is 0 Å². The summed E-state index contributed by atoms with van der Waals surface area (Å²) in [5.41, 5.74) is 0. The molecule has 5 nitrogen and oxygen atoms in total. The van der Waals surface area contributed by atoms with Gasteiger partial charge in [0.1, 0.15) is 0 Å². The molecule has 0 fully saturated rings. The highest BCUT2D eigenvalue weighted by molar-refractivity contribution is 8.27. The third-order valence-electron chi connectivity index (χ3n) is 1.20. The van der Waals surface area contributed by atoms with E-state index < -0.39 is 9.05 Å². The highest BCUT2D eigenvalue weighted by Crippen LogP contribution is 1.91. The van der Waals surface area contributed by atoms with E-state index in [9.17, 15) is 4.21 Å². The van der Waals surface area contributed by atoms with Gasteiger partial charge in [0.15, 0.2) is 0 Å². The Bertz CT molecular complexity index is 270. The van der Waals surface area contributed by atoms with Crippen molar-refractivity contribution in [1.82, 2.24) is 5.32 Å². The molecule has 13 heavy (non-hydrogen) atoms. The van der Waals surface area contributed by atoms with Crippen molar-refractivity contribution in [2.45, 2.75) is 19.4 Å². The van der Waals surface area contributed by atoms with Crippen molar-refractivity contribution in [3.8, 4) is 6.07 Å². The summed E-state index contributed by atoms with van der Waals surface area (Å²) >= 11 is 4.12. The molecule has 0 amide bonds. The van der Waals surface area contributed by atoms with Gasteiger partial charge in [-0.25, -0.2) is 0 Å². The second kappa shape index (κ2) is 6.23. The number of nitrogens with zero attached hydrogens (tertiary/aromatic N) is 1. The van der Waals surface area contributed by atoms with Gasteiger partial charge in [0.2, 0.25) is 0 Å². The van der Waals surface area contributed by atoms with Crippen LogP contribution in [0.25, 0.3) is 0 Å². The van der Waals surface area contributed by atoms with E-state index in [0.29, 0.717) is 13.0 Å². The second-order valence-corrected chi connectivity index (χ2v) is 4.83. The first-order valence-electron chi connectivity index (χ1n) is 3.68. The summed E-state index contributed by atoms with van der Waals surface area (Å²) in [5, 5.41) is 11.1. The predicted octanol–water partition coefficient (Wildman–Crippen LogP) is 0.0291. The van der Waals surface area contributed by atoms with Crippen molar-refractivity contribution < 1.29 is 12.9 Å². The average Bonchev–Trinajstić information content (AvgIpc) is 2.00. The molecule has 2 atom stereocenters. The van der Waals surface area contributed by atoms with Gasteiger partial charge in [-0.2, -0.15) is 9.47 Å². The van der Waals surface area contributed by atoms with Crippen LogP contribution in [0.1, 0.15) is 13.3 Å². The molecule has 0 saturated heterocycles. The van der Waals surface area contributed by atoms with E-state index in [-0.39, 0.29) is 12.6 Å². The number of hydrogen-bond donors (Lipinski definition) is 2. The molecule has 2 N–H and O–H groups in total. The van der Waals surface area contributed by atoms with Crippen molar-refractivity contribution in [2.75, 3.05) is 13.2 Å². The molecule has 0 bridgehead atoms. The Morgan fingerprint density at radius 3 is 2.92 bits per heavy atom. The molecule has 0 rings (SSSR count). The lowest BCUT2D eigenvalue weighted by molar-refractivity contribution is 0.268. The quantitative estimate of drug-likeness (QED) is 0.619. The van der Waals surface area contributed by atoms with Crippen LogP contribution >= 0.6 is 0 Å². The number of nitrogens with one attached hydrogen (secondary N) is 1. The Labute approximate surface area is 82.8 Å². The van der Waals surface area contributed by atoms with Gasteiger partial charge < -0.3 is 5.32 Å². The molecule has 76 valence electrons. The topological polar surface area (TPSA) is 82.3 Å². The van der Waals surface area contributed by atoms with Crippen LogP contribution in [0.15, 0.2) is 0 Å². The standard InChI is InChI=1S/C6H12N2O3S2/c1-6(8-4-2-3-7)5-11-13(9,10)12/h6,8H,2,4-5H2,1H3,(H,9,10,12)/t6-/m0/s1. The maximum absolute atomic E-state index is 10.5. The molecule has 0 aromatic rings. The average molecular weight is 224 g/mol. The largest absolute Gasteiger partial charge is 0.311 e. The SMILES string of the molecule is C[C@@H](COS(=O)(O)=S)NCCC#N. The molecule has 0 aromatic heterocycles. The molecule has 0 aliphatic carbocycles. The smallest absolute Gasteiger partial charge is 0.266 e. The Morgan fingerprint density at radius 2 is 2.46 bits per heavy atom. The zero-order valence-electron chi connectivity index (χ0n) is 7.23. The van der Waals surface area contributed by atoms with Crippen molar-refractivity contribution >= 4 is 20.2 Å². The van der Waals surface area contributed by atoms with Crippen molar-refractivity contribution in [2.24, 2.45) is 0 Å². The molecule has 7 heteroatoms. The Hall–Kier alpha value is -0.260. The summed E-state index contributed by atoms with van der Waals surface area (Å²) in [6, 6.07) is 1.87. The number of nitriles is 1. The molecule has 0 radical (unpaired) electrons. The highest BCUT2D eigenvalue weighted by atomic mass is 32.9. The summed E-state index contributed by atoms with van der Waals surface area (Å²) in [6.07, 6.45) is 0.396. The third-order valence-corrected chi connectivity index (χ3v) is 1.92. The van der Waals surface area contributed by atoms with E-state index >= 15 is 0 Å². The molecule has 0 aliphatic rings. The first-order valence-corrected chi connectivity index (χ1v) is 6.04. The lowest BCUT2D eigenvalue weighted by Crippen LogP contribution is -2.31. The van der Waals surface area contributed by atoms with E-state index in [2.05, 4.69) is 20.7 Å². The Kier molecular flexibility index (Phi) is 6.11. The Balaban J connectivity index is 3.53. The van der Waals surface area contributed by atoms with Gasteiger partial charge in [-0.1, -0.05) is 0 Å². The minimum Gasteiger partial charge on any atom is -0.311 e. The normalized spacial score (nSPS) is 17.3. The molecule has 0 heterocycles. The molecule has 0 aliphatic heterocycles. The van der Waals surface area contributed by atoms with Crippen molar-refractivity contribution in [3.63, 3.8) is 0 Å². The summed E-state index contributed by atoms with van der Waals surface area (Å²) in [6.45, 7) is 2.37. The highest BCUT2D eigenvalue weighted by Gasteiger charge is 2.05. The molecule has 0 spiro atoms. The molecule has 1 unspecified atom stereocenters. The van der Waals surface area contributed by atoms with Crippen LogP contribution in [0.2, 0.25) is 0 Å². The van der Waals surface area contributed by atoms with Gasteiger partial charge in [-0.05, 0) is 6.92 Å². The van der Waals surface area contributed by atoms with Crippen molar-refractivity contribution in [3.05, 3.63) is 0 Å². The van der Waals surface area contributed by atoms with Gasteiger partial charge in [0, 0.05) is 30.2 Å². The van der Waals surface area contributed by atoms with Gasteiger partial charge in [-0.15, -0.1) is 0 Å². The van der Waals surface area contributed by atoms with E-state index in [1.807, 2.05) is 6.07 Å². The Morgan fingerprint density at radius 1 is 1.85 bits per heavy atom. The van der Waals surface area contributed by atoms with Crippen LogP contribution in [-0.4, -0.2) is 28.0 Å². The van der Waals surface area contributed by atoms with Gasteiger partial charge in [0.25, 0.3) is 9.05 Å². The van der Waals surface area contributed by atoms with Crippen LogP contribution < -0.4 is 5.32 Å². The number of hydrogen-bond acceptors (Lipinski definition) is 5. The van der Waals surface area contributed by atoms with Crippen LogP contribution in [0.4, 0.5) is 0 Å². The minimum atomic E-state index is -3.52. The van der Waals surface area contributed by atoms with Crippen LogP contribution in [0.3, 0.4) is 0 Å². The first kappa shape index (κ1) is 12.7. The zero-order chi connectivity index (χ0) is 10.3. The lowest BCUT2D eigenvalue weighted by Gasteiger charge is -2.11. The maximum atomic E-state index is 10.5. The third kappa shape index (κ3) is 9.66. The van der Waals surface area contributed by atoms with Gasteiger partial charge in [-0.3, -0.25) is 8.74 Å². The van der Waals surface area contributed by atoms with Gasteiger partial charge >= 0.3 is 0 Å². The van der Waals surface area contributed by atoms with Crippen LogP contribution in [-0.2, 0) is 24.4 Å². The molecule has 0 saturated carbocycles. The fourth-order valence-electron chi connectivity index (χ4n) is 0.621. The molecule has 0 aromatic carbocycles. The summed E-state index contributed by atoms with van der Waals surface area (Å²) in [4.78, 5) is 0. The molecular weight excluding hydrogens is 212 g/mol. The fourth-order valence-corrected chi connectivity index (χ4v) is 1.16. The summed E-state index contributed by atoms with van der Waals surface area (Å²) in [7, 11) is -3.52. The van der Waals surface area contributed by atoms with Crippen LogP contribution in [0, 0.1) is 11.3 Å². The number of rotatable bonds is 6. The van der Waals surface area contributed by atoms with Crippen LogP contribution in [0.5, 0.6) is 0 Å². The predicted molar refractivity (Wildman–Crippen MR) is 51.8 cm³/mol. The first-order chi connectivity index (χ1) is 5.95. The summed E-state index contributed by atoms with van der Waals surface area (Å²) < 4.78 is 23.5. The second-order valence-electron chi connectivity index (χ2n) is 2.48. The van der Waals surface area contributed by atoms with Gasteiger partial charge in [0.05, 0.1) is 12.7 Å². The fraction of sp³-hybridized carbons (Fsp3) is 0.833. The van der Waals surface area contributed by atoms with E-state index in [1.54, 1.807) is 6.92 Å². The maximum Gasteiger partial charge on any atom is 0.266 e. The zero-order valence-corrected chi connectivity index (χ0v) is 8.86. The summed E-state index contributed by atoms with van der Waals surface area (Å²) in [5.74, 6) is 0. The van der Waals surface area contributed by atoms with Crippen molar-refractivity contribution in [1.29, 1.82) is 5.26 Å². The van der Waals surface area contributed by atoms with E-state index in [4.69, 9.17) is 9.81 Å². The monoisotopic (exact) mass is 224 g/mol. The molecular formula is C6H12N2O3S2.